The topological polar surface area (TPSA) is 113 Å². The molecule has 0 aliphatic rings. The van der Waals surface area contributed by atoms with E-state index in [2.05, 4.69) is 5.32 Å². The molecule has 0 saturated heterocycles. The average Bonchev–Trinajstić information content (AvgIpc) is 2.23. The molecule has 0 aromatic carbocycles. The van der Waals surface area contributed by atoms with E-state index in [-0.39, 0.29) is 19.0 Å². The first-order chi connectivity index (χ1) is 8.27. The van der Waals surface area contributed by atoms with Gasteiger partial charge in [-0.1, -0.05) is 6.92 Å². The largest absolute Gasteiger partial charge is 0.480 e. The predicted molar refractivity (Wildman–Crippen MR) is 65.9 cm³/mol. The van der Waals surface area contributed by atoms with E-state index < -0.39 is 23.9 Å². The smallest absolute Gasteiger partial charge is 0.323 e. The van der Waals surface area contributed by atoms with Gasteiger partial charge in [0.2, 0.25) is 5.91 Å². The van der Waals surface area contributed by atoms with E-state index in [9.17, 15) is 14.4 Å². The van der Waals surface area contributed by atoms with Gasteiger partial charge in [-0.15, -0.1) is 0 Å². The summed E-state index contributed by atoms with van der Waals surface area (Å²) in [7, 11) is 0. The van der Waals surface area contributed by atoms with Crippen molar-refractivity contribution in [1.82, 2.24) is 10.2 Å². The Morgan fingerprint density at radius 1 is 1.33 bits per heavy atom. The predicted octanol–water partition coefficient (Wildman–Crippen LogP) is 0.145. The number of carbonyl (C=O) groups is 3. The van der Waals surface area contributed by atoms with E-state index in [1.165, 1.54) is 4.90 Å². The van der Waals surface area contributed by atoms with E-state index in [4.69, 9.17) is 10.8 Å². The van der Waals surface area contributed by atoms with Gasteiger partial charge < -0.3 is 21.1 Å². The van der Waals surface area contributed by atoms with Crippen LogP contribution in [0.5, 0.6) is 0 Å². The Balaban J connectivity index is 4.55. The highest BCUT2D eigenvalue weighted by molar-refractivity contribution is 5.81. The van der Waals surface area contributed by atoms with Crippen LogP contribution in [0.25, 0.3) is 0 Å². The van der Waals surface area contributed by atoms with Gasteiger partial charge >= 0.3 is 12.0 Å². The fraction of sp³-hybridized carbons (Fsp3) is 0.727. The molecule has 0 radical (unpaired) electrons. The third kappa shape index (κ3) is 6.07. The summed E-state index contributed by atoms with van der Waals surface area (Å²) in [5.41, 5.74) is 5.01. The summed E-state index contributed by atoms with van der Waals surface area (Å²) < 4.78 is 0. The fourth-order valence-electron chi connectivity index (χ4n) is 1.44. The molecule has 0 aliphatic heterocycles. The zero-order valence-electron chi connectivity index (χ0n) is 11.0. The number of nitrogens with two attached hydrogens (primary N) is 1. The minimum absolute atomic E-state index is 0.0210. The normalized spacial score (nSPS) is 13.5. The quantitative estimate of drug-likeness (QED) is 0.603. The van der Waals surface area contributed by atoms with E-state index in [1.54, 1.807) is 13.8 Å². The van der Waals surface area contributed by atoms with Gasteiger partial charge in [0.1, 0.15) is 6.54 Å². The Hall–Kier alpha value is -1.79. The summed E-state index contributed by atoms with van der Waals surface area (Å²) in [6, 6.07) is -1.11. The first-order valence-electron chi connectivity index (χ1n) is 5.85. The SMILES string of the molecule is CCC(C)N(CC(=O)O)C(=O)NC(C)CC(N)=O. The fourth-order valence-corrected chi connectivity index (χ4v) is 1.44. The van der Waals surface area contributed by atoms with Gasteiger partial charge in [0.15, 0.2) is 0 Å². The van der Waals surface area contributed by atoms with Crippen LogP contribution in [0.3, 0.4) is 0 Å². The monoisotopic (exact) mass is 259 g/mol. The Morgan fingerprint density at radius 2 is 1.89 bits per heavy atom. The minimum atomic E-state index is -1.08. The summed E-state index contributed by atoms with van der Waals surface area (Å²) in [5, 5.41) is 11.3. The number of nitrogens with zero attached hydrogens (tertiary/aromatic N) is 1. The van der Waals surface area contributed by atoms with Gasteiger partial charge in [-0.2, -0.15) is 0 Å². The van der Waals surface area contributed by atoms with E-state index in [0.717, 1.165) is 0 Å². The molecule has 0 aromatic rings. The van der Waals surface area contributed by atoms with Crippen LogP contribution in [-0.2, 0) is 9.59 Å². The van der Waals surface area contributed by atoms with Crippen LogP contribution in [-0.4, -0.2) is 46.5 Å². The number of rotatable bonds is 7. The lowest BCUT2D eigenvalue weighted by molar-refractivity contribution is -0.138. The lowest BCUT2D eigenvalue weighted by Gasteiger charge is -2.28. The maximum Gasteiger partial charge on any atom is 0.323 e. The molecule has 0 aliphatic carbocycles. The Morgan fingerprint density at radius 3 is 2.28 bits per heavy atom. The molecule has 2 unspecified atom stereocenters. The van der Waals surface area contributed by atoms with Crippen LogP contribution in [0.1, 0.15) is 33.6 Å². The Bertz CT molecular complexity index is 319. The average molecular weight is 259 g/mol. The lowest BCUT2D eigenvalue weighted by Crippen LogP contribution is -2.50. The van der Waals surface area contributed by atoms with Crippen LogP contribution in [0.15, 0.2) is 0 Å². The highest BCUT2D eigenvalue weighted by Crippen LogP contribution is 2.04. The number of carboxylic acids is 1. The lowest BCUT2D eigenvalue weighted by atomic mass is 10.2. The van der Waals surface area contributed by atoms with E-state index in [1.807, 2.05) is 6.92 Å². The van der Waals surface area contributed by atoms with Crippen LogP contribution in [0.4, 0.5) is 4.79 Å². The number of primary amides is 1. The molecule has 4 N–H and O–H groups in total. The minimum Gasteiger partial charge on any atom is -0.480 e. The molecule has 3 amide bonds. The number of hydrogen-bond acceptors (Lipinski definition) is 3. The molecule has 0 heterocycles. The molecule has 0 fully saturated rings. The van der Waals surface area contributed by atoms with Gasteiger partial charge in [0.25, 0.3) is 0 Å². The molecular formula is C11H21N3O4. The number of urea groups is 1. The third-order valence-corrected chi connectivity index (χ3v) is 2.57. The van der Waals surface area contributed by atoms with Crippen molar-refractivity contribution in [3.05, 3.63) is 0 Å². The number of amides is 3. The second-order valence-electron chi connectivity index (χ2n) is 4.30. The van der Waals surface area contributed by atoms with Crippen molar-refractivity contribution in [3.63, 3.8) is 0 Å². The highest BCUT2D eigenvalue weighted by atomic mass is 16.4. The molecule has 0 spiro atoms. The van der Waals surface area contributed by atoms with E-state index >= 15 is 0 Å². The zero-order valence-corrected chi connectivity index (χ0v) is 11.0. The van der Waals surface area contributed by atoms with Gasteiger partial charge in [-0.3, -0.25) is 9.59 Å². The number of carbonyl (C=O) groups excluding carboxylic acids is 2. The maximum absolute atomic E-state index is 11.9. The Labute approximate surface area is 106 Å². The molecule has 0 rings (SSSR count). The number of carboxylic acid groups (broad SMARTS) is 1. The summed E-state index contributed by atoms with van der Waals surface area (Å²) in [6.07, 6.45) is 0.665. The van der Waals surface area contributed by atoms with E-state index in [0.29, 0.717) is 6.42 Å². The molecular weight excluding hydrogens is 238 g/mol. The van der Waals surface area contributed by atoms with Crippen LogP contribution in [0.2, 0.25) is 0 Å². The zero-order chi connectivity index (χ0) is 14.3. The number of nitrogens with one attached hydrogen (secondary N) is 1. The summed E-state index contributed by atoms with van der Waals surface area (Å²) in [6.45, 7) is 4.89. The standard InChI is InChI=1S/C11H21N3O4/c1-4-8(3)14(6-10(16)17)11(18)13-7(2)5-9(12)15/h7-8H,4-6H2,1-3H3,(H2,12,15)(H,13,18)(H,16,17). The van der Waals surface area contributed by atoms with Crippen molar-refractivity contribution in [2.75, 3.05) is 6.54 Å². The van der Waals surface area contributed by atoms with Crippen molar-refractivity contribution in [3.8, 4) is 0 Å². The van der Waals surface area contributed by atoms with Crippen LogP contribution >= 0.6 is 0 Å². The molecule has 0 bridgehead atoms. The first kappa shape index (κ1) is 16.2. The summed E-state index contributed by atoms with van der Waals surface area (Å²) >= 11 is 0. The van der Waals surface area contributed by atoms with Gasteiger partial charge in [-0.25, -0.2) is 4.79 Å². The van der Waals surface area contributed by atoms with Crippen molar-refractivity contribution in [2.24, 2.45) is 5.73 Å². The molecule has 0 aromatic heterocycles. The molecule has 2 atom stereocenters. The summed E-state index contributed by atoms with van der Waals surface area (Å²) in [5.74, 6) is -1.59. The number of aliphatic carboxylic acids is 1. The molecule has 0 saturated carbocycles. The van der Waals surface area contributed by atoms with Gasteiger partial charge in [0, 0.05) is 18.5 Å². The highest BCUT2D eigenvalue weighted by Gasteiger charge is 2.22. The molecule has 7 nitrogen and oxygen atoms in total. The van der Waals surface area contributed by atoms with Crippen molar-refractivity contribution in [1.29, 1.82) is 0 Å². The van der Waals surface area contributed by atoms with Crippen LogP contribution in [0, 0.1) is 0 Å². The van der Waals surface area contributed by atoms with Gasteiger partial charge in [-0.05, 0) is 20.3 Å². The second-order valence-corrected chi connectivity index (χ2v) is 4.30. The van der Waals surface area contributed by atoms with Crippen molar-refractivity contribution < 1.29 is 19.5 Å². The maximum atomic E-state index is 11.9. The summed E-state index contributed by atoms with van der Waals surface area (Å²) in [4.78, 5) is 34.5. The molecule has 7 heteroatoms. The first-order valence-corrected chi connectivity index (χ1v) is 5.85. The third-order valence-electron chi connectivity index (χ3n) is 2.57. The van der Waals surface area contributed by atoms with Crippen molar-refractivity contribution >= 4 is 17.9 Å². The number of hydrogen-bond donors (Lipinski definition) is 3. The Kier molecular flexibility index (Phi) is 6.77. The van der Waals surface area contributed by atoms with Crippen LogP contribution < -0.4 is 11.1 Å². The molecule has 18 heavy (non-hydrogen) atoms. The second kappa shape index (κ2) is 7.52. The molecule has 104 valence electrons. The van der Waals surface area contributed by atoms with Gasteiger partial charge in [0.05, 0.1) is 0 Å². The van der Waals surface area contributed by atoms with Crippen molar-refractivity contribution in [2.45, 2.75) is 45.7 Å².